The van der Waals surface area contributed by atoms with Gasteiger partial charge >= 0.3 is 0 Å². The molecular weight excluding hydrogens is 564 g/mol. The Hall–Kier alpha value is -3.09. The average Bonchev–Trinajstić information content (AvgIpc) is 3.27. The average molecular weight is 599 g/mol. The molecule has 0 atom stereocenters. The molecule has 41 heavy (non-hydrogen) atoms. The number of hydrogen-bond acceptors (Lipinski definition) is 8. The molecule has 12 heteroatoms. The van der Waals surface area contributed by atoms with Crippen LogP contribution in [0.3, 0.4) is 0 Å². The van der Waals surface area contributed by atoms with Gasteiger partial charge in [0.15, 0.2) is 5.82 Å². The molecule has 2 aliphatic heterocycles. The van der Waals surface area contributed by atoms with E-state index in [4.69, 9.17) is 16.3 Å². The predicted octanol–water partition coefficient (Wildman–Crippen LogP) is 2.86. The Balaban J connectivity index is 1.24. The van der Waals surface area contributed by atoms with Crippen molar-refractivity contribution >= 4 is 33.3 Å². The molecule has 0 N–H and O–H groups in total. The molecule has 0 unspecified atom stereocenters. The first-order valence-electron chi connectivity index (χ1n) is 13.9. The summed E-state index contributed by atoms with van der Waals surface area (Å²) in [5.41, 5.74) is 1.81. The third-order valence-corrected chi connectivity index (χ3v) is 9.54. The van der Waals surface area contributed by atoms with Gasteiger partial charge in [0.05, 0.1) is 30.3 Å². The number of halogens is 1. The molecule has 0 aliphatic carbocycles. The van der Waals surface area contributed by atoms with E-state index in [0.29, 0.717) is 44.4 Å². The number of aromatic nitrogens is 2. The Morgan fingerprint density at radius 3 is 2.34 bits per heavy atom. The van der Waals surface area contributed by atoms with Crippen LogP contribution in [0.15, 0.2) is 71.6 Å². The minimum atomic E-state index is -3.90. The third kappa shape index (κ3) is 7.60. The predicted molar refractivity (Wildman–Crippen MR) is 158 cm³/mol. The lowest BCUT2D eigenvalue weighted by Gasteiger charge is -2.30. The Morgan fingerprint density at radius 2 is 1.63 bits per heavy atom. The minimum Gasteiger partial charge on any atom is -0.379 e. The molecule has 218 valence electrons. The van der Waals surface area contributed by atoms with E-state index >= 15 is 0 Å². The van der Waals surface area contributed by atoms with E-state index < -0.39 is 10.0 Å². The zero-order chi connectivity index (χ0) is 28.7. The van der Waals surface area contributed by atoms with Crippen LogP contribution in [0.2, 0.25) is 5.02 Å². The second-order valence-electron chi connectivity index (χ2n) is 10.1. The standard InChI is InChI=1S/C29H35ClN6O4S/c30-25-7-9-26(10-8-25)41(38,39)36(18-15-33-19-21-40-22-20-33)23-29(37)35-14-4-13-34(16-17-35)28-12-11-27(31-32-28)24-5-2-1-3-6-24/h1-3,5-12H,4,13-23H2. The smallest absolute Gasteiger partial charge is 0.243 e. The molecule has 0 radical (unpaired) electrons. The molecule has 5 rings (SSSR count). The first kappa shape index (κ1) is 29.4. The lowest BCUT2D eigenvalue weighted by atomic mass is 10.1. The molecule has 3 heterocycles. The number of morpholine rings is 1. The van der Waals surface area contributed by atoms with Crippen molar-refractivity contribution in [3.05, 3.63) is 71.8 Å². The number of nitrogens with zero attached hydrogens (tertiary/aromatic N) is 6. The van der Waals surface area contributed by atoms with Crippen molar-refractivity contribution in [1.82, 2.24) is 24.3 Å². The van der Waals surface area contributed by atoms with Gasteiger partial charge in [-0.2, -0.15) is 4.31 Å². The molecular formula is C29H35ClN6O4S. The SMILES string of the molecule is O=C(CN(CCN1CCOCC1)S(=O)(=O)c1ccc(Cl)cc1)N1CCCN(c2ccc(-c3ccccc3)nn2)CC1. The molecule has 3 aromatic rings. The number of hydrogen-bond donors (Lipinski definition) is 0. The van der Waals surface area contributed by atoms with Gasteiger partial charge < -0.3 is 14.5 Å². The first-order chi connectivity index (χ1) is 19.9. The van der Waals surface area contributed by atoms with E-state index in [1.54, 1.807) is 17.0 Å². The molecule has 0 bridgehead atoms. The number of anilines is 1. The molecule has 1 amide bonds. The highest BCUT2D eigenvalue weighted by molar-refractivity contribution is 7.89. The minimum absolute atomic E-state index is 0.122. The Kier molecular flexibility index (Phi) is 9.84. The fourth-order valence-corrected chi connectivity index (χ4v) is 6.53. The largest absolute Gasteiger partial charge is 0.379 e. The number of amides is 1. The van der Waals surface area contributed by atoms with Crippen molar-refractivity contribution < 1.29 is 17.9 Å². The highest BCUT2D eigenvalue weighted by atomic mass is 35.5. The van der Waals surface area contributed by atoms with Gasteiger partial charge in [-0.15, -0.1) is 10.2 Å². The molecule has 2 saturated heterocycles. The number of carbonyl (C=O) groups excluding carboxylic acids is 1. The van der Waals surface area contributed by atoms with E-state index in [9.17, 15) is 13.2 Å². The maximum absolute atomic E-state index is 13.6. The maximum atomic E-state index is 13.6. The van der Waals surface area contributed by atoms with Crippen LogP contribution in [-0.2, 0) is 19.6 Å². The van der Waals surface area contributed by atoms with Crippen LogP contribution in [-0.4, -0.2) is 111 Å². The number of ether oxygens (including phenoxy) is 1. The van der Waals surface area contributed by atoms with E-state index in [1.165, 1.54) is 16.4 Å². The van der Waals surface area contributed by atoms with Crippen molar-refractivity contribution in [1.29, 1.82) is 0 Å². The lowest BCUT2D eigenvalue weighted by molar-refractivity contribution is -0.131. The first-order valence-corrected chi connectivity index (χ1v) is 15.7. The Labute approximate surface area is 246 Å². The normalized spacial score (nSPS) is 17.0. The topological polar surface area (TPSA) is 99.2 Å². The van der Waals surface area contributed by atoms with Crippen LogP contribution in [0.5, 0.6) is 0 Å². The third-order valence-electron chi connectivity index (χ3n) is 7.42. The van der Waals surface area contributed by atoms with Gasteiger partial charge in [0, 0.05) is 62.9 Å². The summed E-state index contributed by atoms with van der Waals surface area (Å²) in [4.78, 5) is 19.7. The zero-order valence-corrected chi connectivity index (χ0v) is 24.5. The van der Waals surface area contributed by atoms with E-state index in [-0.39, 0.29) is 23.9 Å². The van der Waals surface area contributed by atoms with Gasteiger partial charge in [0.25, 0.3) is 0 Å². The van der Waals surface area contributed by atoms with Crippen LogP contribution < -0.4 is 4.90 Å². The van der Waals surface area contributed by atoms with Crippen molar-refractivity contribution in [2.45, 2.75) is 11.3 Å². The summed E-state index contributed by atoms with van der Waals surface area (Å²) in [5.74, 6) is 0.549. The van der Waals surface area contributed by atoms with Gasteiger partial charge in [0.1, 0.15) is 0 Å². The zero-order valence-electron chi connectivity index (χ0n) is 22.9. The van der Waals surface area contributed by atoms with Gasteiger partial charge in [-0.1, -0.05) is 41.9 Å². The number of benzene rings is 2. The molecule has 2 fully saturated rings. The van der Waals surface area contributed by atoms with Crippen molar-refractivity contribution in [2.24, 2.45) is 0 Å². The molecule has 10 nitrogen and oxygen atoms in total. The second kappa shape index (κ2) is 13.7. The summed E-state index contributed by atoms with van der Waals surface area (Å²) in [5, 5.41) is 9.30. The second-order valence-corrected chi connectivity index (χ2v) is 12.5. The summed E-state index contributed by atoms with van der Waals surface area (Å²) < 4.78 is 33.9. The number of sulfonamides is 1. The van der Waals surface area contributed by atoms with Crippen molar-refractivity contribution in [3.8, 4) is 11.3 Å². The van der Waals surface area contributed by atoms with Crippen molar-refractivity contribution in [3.63, 3.8) is 0 Å². The van der Waals surface area contributed by atoms with E-state index in [1.807, 2.05) is 42.5 Å². The fourth-order valence-electron chi connectivity index (χ4n) is 5.02. The summed E-state index contributed by atoms with van der Waals surface area (Å²) in [6.07, 6.45) is 0.742. The van der Waals surface area contributed by atoms with Crippen molar-refractivity contribution in [2.75, 3.05) is 77.0 Å². The van der Waals surface area contributed by atoms with Gasteiger partial charge in [0.2, 0.25) is 15.9 Å². The molecule has 1 aromatic heterocycles. The number of carbonyl (C=O) groups is 1. The molecule has 0 spiro atoms. The van der Waals surface area contributed by atoms with Gasteiger partial charge in [-0.3, -0.25) is 9.69 Å². The quantitative estimate of drug-likeness (QED) is 0.371. The molecule has 2 aliphatic rings. The van der Waals surface area contributed by atoms with Crippen LogP contribution >= 0.6 is 11.6 Å². The van der Waals surface area contributed by atoms with Crippen LogP contribution in [0, 0.1) is 0 Å². The molecule has 0 saturated carbocycles. The fraction of sp³-hybridized carbons (Fsp3) is 0.414. The molecule has 2 aromatic carbocycles. The Morgan fingerprint density at radius 1 is 0.878 bits per heavy atom. The van der Waals surface area contributed by atoms with Gasteiger partial charge in [-0.05, 0) is 42.8 Å². The summed E-state index contributed by atoms with van der Waals surface area (Å²) in [6, 6.07) is 19.9. The number of rotatable bonds is 9. The van der Waals surface area contributed by atoms with Gasteiger partial charge in [-0.25, -0.2) is 8.42 Å². The summed E-state index contributed by atoms with van der Waals surface area (Å²) >= 11 is 6.00. The lowest BCUT2D eigenvalue weighted by Crippen LogP contribution is -2.47. The summed E-state index contributed by atoms with van der Waals surface area (Å²) in [7, 11) is -3.90. The monoisotopic (exact) mass is 598 g/mol. The van der Waals surface area contributed by atoms with Crippen LogP contribution in [0.4, 0.5) is 5.82 Å². The van der Waals surface area contributed by atoms with E-state index in [0.717, 1.165) is 43.1 Å². The Bertz CT molecular complexity index is 1390. The summed E-state index contributed by atoms with van der Waals surface area (Å²) in [6.45, 7) is 5.55. The van der Waals surface area contributed by atoms with Crippen LogP contribution in [0.1, 0.15) is 6.42 Å². The van der Waals surface area contributed by atoms with Crippen LogP contribution in [0.25, 0.3) is 11.3 Å². The maximum Gasteiger partial charge on any atom is 0.243 e. The highest BCUT2D eigenvalue weighted by Gasteiger charge is 2.30. The highest BCUT2D eigenvalue weighted by Crippen LogP contribution is 2.21. The van der Waals surface area contributed by atoms with E-state index in [2.05, 4.69) is 20.0 Å².